The van der Waals surface area contributed by atoms with E-state index >= 15 is 0 Å². The maximum atomic E-state index is 11.5. The molecular formula is C19H25ClIN3O2S. The maximum Gasteiger partial charge on any atom is 0.191 e. The molecule has 148 valence electrons. The molecule has 2 rings (SSSR count). The van der Waals surface area contributed by atoms with E-state index in [1.807, 2.05) is 31.2 Å². The molecule has 0 bridgehead atoms. The van der Waals surface area contributed by atoms with E-state index in [2.05, 4.69) is 15.6 Å². The Kier molecular flexibility index (Phi) is 10.1. The van der Waals surface area contributed by atoms with Crippen LogP contribution in [-0.2, 0) is 22.8 Å². The van der Waals surface area contributed by atoms with E-state index in [0.717, 1.165) is 36.1 Å². The lowest BCUT2D eigenvalue weighted by Gasteiger charge is -2.11. The lowest BCUT2D eigenvalue weighted by Crippen LogP contribution is -2.38. The lowest BCUT2D eigenvalue weighted by molar-refractivity contribution is 0.602. The minimum absolute atomic E-state index is 0. The van der Waals surface area contributed by atoms with Gasteiger partial charge in [-0.1, -0.05) is 35.9 Å². The van der Waals surface area contributed by atoms with Crippen LogP contribution in [0.15, 0.2) is 58.4 Å². The molecule has 0 spiro atoms. The third-order valence-electron chi connectivity index (χ3n) is 3.73. The normalized spacial score (nSPS) is 11.6. The van der Waals surface area contributed by atoms with Gasteiger partial charge >= 0.3 is 0 Å². The quantitative estimate of drug-likeness (QED) is 0.331. The van der Waals surface area contributed by atoms with Gasteiger partial charge in [0.1, 0.15) is 0 Å². The molecule has 0 fully saturated rings. The van der Waals surface area contributed by atoms with Gasteiger partial charge in [0, 0.05) is 24.4 Å². The molecule has 5 nitrogen and oxygen atoms in total. The van der Waals surface area contributed by atoms with Crippen molar-refractivity contribution in [1.29, 1.82) is 0 Å². The molecule has 2 N–H and O–H groups in total. The number of nitrogens with one attached hydrogen (secondary N) is 2. The highest BCUT2D eigenvalue weighted by Gasteiger charge is 2.06. The monoisotopic (exact) mass is 521 g/mol. The van der Waals surface area contributed by atoms with Crippen molar-refractivity contribution in [1.82, 2.24) is 10.6 Å². The van der Waals surface area contributed by atoms with Gasteiger partial charge in [0.2, 0.25) is 0 Å². The highest BCUT2D eigenvalue weighted by atomic mass is 127. The van der Waals surface area contributed by atoms with Gasteiger partial charge in [0.05, 0.1) is 11.4 Å². The van der Waals surface area contributed by atoms with Crippen LogP contribution < -0.4 is 10.6 Å². The zero-order chi connectivity index (χ0) is 19.0. The number of guanidine groups is 1. The summed E-state index contributed by atoms with van der Waals surface area (Å²) in [6.07, 6.45) is 2.07. The molecule has 0 aromatic heterocycles. The van der Waals surface area contributed by atoms with E-state index in [-0.39, 0.29) is 24.0 Å². The van der Waals surface area contributed by atoms with Gasteiger partial charge in [-0.2, -0.15) is 0 Å². The summed E-state index contributed by atoms with van der Waals surface area (Å²) in [7, 11) is -3.17. The highest BCUT2D eigenvalue weighted by molar-refractivity contribution is 14.0. The first kappa shape index (κ1) is 23.7. The van der Waals surface area contributed by atoms with Gasteiger partial charge < -0.3 is 10.6 Å². The Morgan fingerprint density at radius 3 is 2.15 bits per heavy atom. The lowest BCUT2D eigenvalue weighted by atomic mass is 10.1. The molecule has 0 atom stereocenters. The third-order valence-corrected chi connectivity index (χ3v) is 5.12. The van der Waals surface area contributed by atoms with Crippen LogP contribution in [0.4, 0.5) is 0 Å². The van der Waals surface area contributed by atoms with E-state index < -0.39 is 9.84 Å². The van der Waals surface area contributed by atoms with E-state index in [4.69, 9.17) is 11.6 Å². The largest absolute Gasteiger partial charge is 0.357 e. The molecular weight excluding hydrogens is 497 g/mol. The number of hydrogen-bond acceptors (Lipinski definition) is 3. The van der Waals surface area contributed by atoms with Crippen LogP contribution in [0, 0.1) is 0 Å². The summed E-state index contributed by atoms with van der Waals surface area (Å²) in [6, 6.07) is 14.6. The van der Waals surface area contributed by atoms with Gasteiger partial charge in [-0.05, 0) is 48.7 Å². The van der Waals surface area contributed by atoms with E-state index in [9.17, 15) is 8.42 Å². The van der Waals surface area contributed by atoms with Crippen molar-refractivity contribution in [2.24, 2.45) is 4.99 Å². The van der Waals surface area contributed by atoms with Crippen LogP contribution in [0.5, 0.6) is 0 Å². The van der Waals surface area contributed by atoms with Crippen molar-refractivity contribution in [3.8, 4) is 0 Å². The van der Waals surface area contributed by atoms with Crippen molar-refractivity contribution in [2.45, 2.75) is 24.8 Å². The summed E-state index contributed by atoms with van der Waals surface area (Å²) in [5.41, 5.74) is 2.15. The van der Waals surface area contributed by atoms with E-state index in [1.54, 1.807) is 24.3 Å². The Morgan fingerprint density at radius 1 is 1.00 bits per heavy atom. The fourth-order valence-electron chi connectivity index (χ4n) is 2.33. The standard InChI is InChI=1S/C19H24ClN3O2S.HI/c1-3-21-19(22-13-12-15-4-8-17(20)9-5-15)23-14-16-6-10-18(11-7-16)26(2,24)25;/h4-11H,3,12-14H2,1-2H3,(H2,21,22,23);1H. The van der Waals surface area contributed by atoms with Crippen LogP contribution in [-0.4, -0.2) is 33.7 Å². The molecule has 0 saturated carbocycles. The fraction of sp³-hybridized carbons (Fsp3) is 0.316. The second kappa shape index (κ2) is 11.5. The molecule has 2 aromatic rings. The second-order valence-corrected chi connectivity index (χ2v) is 8.37. The van der Waals surface area contributed by atoms with Crippen molar-refractivity contribution in [3.63, 3.8) is 0 Å². The number of nitrogens with zero attached hydrogens (tertiary/aromatic N) is 1. The first-order valence-electron chi connectivity index (χ1n) is 8.44. The van der Waals surface area contributed by atoms with Crippen LogP contribution in [0.1, 0.15) is 18.1 Å². The minimum Gasteiger partial charge on any atom is -0.357 e. The van der Waals surface area contributed by atoms with Crippen LogP contribution in [0.25, 0.3) is 0 Å². The molecule has 0 amide bonds. The Labute approximate surface area is 183 Å². The molecule has 0 aliphatic heterocycles. The highest BCUT2D eigenvalue weighted by Crippen LogP contribution is 2.11. The molecule has 0 aliphatic rings. The number of aliphatic imine (C=N–C) groups is 1. The van der Waals surface area contributed by atoms with Crippen molar-refractivity contribution < 1.29 is 8.42 Å². The Morgan fingerprint density at radius 2 is 1.59 bits per heavy atom. The topological polar surface area (TPSA) is 70.6 Å². The zero-order valence-electron chi connectivity index (χ0n) is 15.4. The summed E-state index contributed by atoms with van der Waals surface area (Å²) >= 11 is 5.89. The van der Waals surface area contributed by atoms with Crippen LogP contribution in [0.3, 0.4) is 0 Å². The number of hydrogen-bond donors (Lipinski definition) is 2. The average Bonchev–Trinajstić information content (AvgIpc) is 2.61. The number of benzene rings is 2. The van der Waals surface area contributed by atoms with Crippen molar-refractivity contribution >= 4 is 51.4 Å². The molecule has 0 unspecified atom stereocenters. The number of rotatable bonds is 7. The maximum absolute atomic E-state index is 11.5. The first-order valence-corrected chi connectivity index (χ1v) is 10.7. The molecule has 0 aliphatic carbocycles. The smallest absolute Gasteiger partial charge is 0.191 e. The first-order chi connectivity index (χ1) is 12.4. The van der Waals surface area contributed by atoms with Crippen molar-refractivity contribution in [3.05, 3.63) is 64.7 Å². The molecule has 2 aromatic carbocycles. The average molecular weight is 522 g/mol. The Hall–Kier alpha value is -1.32. The zero-order valence-corrected chi connectivity index (χ0v) is 19.3. The minimum atomic E-state index is -3.17. The second-order valence-electron chi connectivity index (χ2n) is 5.91. The molecule has 0 saturated heterocycles. The summed E-state index contributed by atoms with van der Waals surface area (Å²) in [6.45, 7) is 4.00. The molecule has 0 radical (unpaired) electrons. The SMILES string of the molecule is CCNC(=NCc1ccc(S(C)(=O)=O)cc1)NCCc1ccc(Cl)cc1.I. The van der Waals surface area contributed by atoms with Gasteiger partial charge in [-0.25, -0.2) is 13.4 Å². The fourth-order valence-corrected chi connectivity index (χ4v) is 3.09. The van der Waals surface area contributed by atoms with Crippen LogP contribution >= 0.6 is 35.6 Å². The summed E-state index contributed by atoms with van der Waals surface area (Å²) in [5, 5.41) is 7.24. The van der Waals surface area contributed by atoms with Crippen LogP contribution in [0.2, 0.25) is 5.02 Å². The van der Waals surface area contributed by atoms with E-state index in [0.29, 0.717) is 11.4 Å². The number of halogens is 2. The Balaban J connectivity index is 0.00000364. The summed E-state index contributed by atoms with van der Waals surface area (Å²) in [4.78, 5) is 4.86. The van der Waals surface area contributed by atoms with Gasteiger partial charge in [0.25, 0.3) is 0 Å². The van der Waals surface area contributed by atoms with Gasteiger partial charge in [-0.15, -0.1) is 24.0 Å². The molecule has 27 heavy (non-hydrogen) atoms. The number of sulfone groups is 1. The predicted octanol–water partition coefficient (Wildman–Crippen LogP) is 3.66. The van der Waals surface area contributed by atoms with Crippen molar-refractivity contribution in [2.75, 3.05) is 19.3 Å². The van der Waals surface area contributed by atoms with Gasteiger partial charge in [0.15, 0.2) is 15.8 Å². The Bertz CT molecular complexity index is 838. The van der Waals surface area contributed by atoms with Gasteiger partial charge in [-0.3, -0.25) is 0 Å². The molecule has 8 heteroatoms. The summed E-state index contributed by atoms with van der Waals surface area (Å²) in [5.74, 6) is 0.730. The molecule has 0 heterocycles. The summed E-state index contributed by atoms with van der Waals surface area (Å²) < 4.78 is 23.0. The van der Waals surface area contributed by atoms with E-state index in [1.165, 1.54) is 11.8 Å². The predicted molar refractivity (Wildman–Crippen MR) is 123 cm³/mol. The third kappa shape index (κ3) is 8.49.